The van der Waals surface area contributed by atoms with Crippen LogP contribution in [0.3, 0.4) is 0 Å². The van der Waals surface area contributed by atoms with Gasteiger partial charge in [-0.15, -0.1) is 0 Å². The molecule has 1 amide bonds. The van der Waals surface area contributed by atoms with Gasteiger partial charge in [-0.1, -0.05) is 13.0 Å². The summed E-state index contributed by atoms with van der Waals surface area (Å²) in [6, 6.07) is 5.80. The number of carbonyl (C=O) groups excluding carboxylic acids is 2. The van der Waals surface area contributed by atoms with Crippen molar-refractivity contribution >= 4 is 17.6 Å². The molecule has 0 saturated heterocycles. The number of hydrogen-bond acceptors (Lipinski definition) is 3. The Balaban J connectivity index is 1.82. The number of esters is 1. The molecule has 1 saturated carbocycles. The summed E-state index contributed by atoms with van der Waals surface area (Å²) in [5, 5.41) is 2.73. The maximum atomic E-state index is 11.7. The van der Waals surface area contributed by atoms with E-state index in [4.69, 9.17) is 4.74 Å². The molecule has 0 spiro atoms. The molecule has 1 aromatic carbocycles. The van der Waals surface area contributed by atoms with Crippen molar-refractivity contribution in [3.8, 4) is 0 Å². The molecule has 0 aromatic heterocycles. The Morgan fingerprint density at radius 1 is 1.26 bits per heavy atom. The van der Waals surface area contributed by atoms with E-state index in [0.717, 1.165) is 23.2 Å². The second-order valence-electron chi connectivity index (χ2n) is 5.35. The summed E-state index contributed by atoms with van der Waals surface area (Å²) in [7, 11) is 0. The second-order valence-corrected chi connectivity index (χ2v) is 5.35. The number of benzene rings is 1. The minimum absolute atomic E-state index is 0.00554. The number of amides is 1. The molecule has 4 heteroatoms. The molecule has 0 aliphatic heterocycles. The smallest absolute Gasteiger partial charge is 0.309 e. The Kier molecular flexibility index (Phi) is 3.88. The summed E-state index contributed by atoms with van der Waals surface area (Å²) in [4.78, 5) is 23.2. The Bertz CT molecular complexity index is 490. The molecule has 0 unspecified atom stereocenters. The summed E-state index contributed by atoms with van der Waals surface area (Å²) in [5.74, 6) is -0.168. The van der Waals surface area contributed by atoms with Crippen molar-refractivity contribution < 1.29 is 14.3 Å². The fourth-order valence-corrected chi connectivity index (χ4v) is 2.14. The predicted octanol–water partition coefficient (Wildman–Crippen LogP) is 2.44. The topological polar surface area (TPSA) is 55.4 Å². The van der Waals surface area contributed by atoms with Crippen LogP contribution < -0.4 is 5.32 Å². The van der Waals surface area contributed by atoms with E-state index in [2.05, 4.69) is 5.32 Å². The lowest BCUT2D eigenvalue weighted by Gasteiger charge is -2.08. The molecule has 0 radical (unpaired) electrons. The molecule has 0 bridgehead atoms. The molecule has 0 heterocycles. The lowest BCUT2D eigenvalue weighted by atomic mass is 10.1. The number of anilines is 1. The number of rotatable bonds is 4. The number of hydrogen-bond donors (Lipinski definition) is 1. The first-order valence-electron chi connectivity index (χ1n) is 6.50. The Morgan fingerprint density at radius 2 is 1.84 bits per heavy atom. The van der Waals surface area contributed by atoms with E-state index in [0.29, 0.717) is 5.92 Å². The van der Waals surface area contributed by atoms with Crippen LogP contribution in [0.2, 0.25) is 0 Å². The minimum atomic E-state index is -0.299. The van der Waals surface area contributed by atoms with Gasteiger partial charge in [-0.25, -0.2) is 0 Å². The highest BCUT2D eigenvalue weighted by Crippen LogP contribution is 2.38. The number of ether oxygens (including phenoxy) is 1. The van der Waals surface area contributed by atoms with E-state index < -0.39 is 0 Å². The minimum Gasteiger partial charge on any atom is -0.455 e. The van der Waals surface area contributed by atoms with Crippen LogP contribution in [0.15, 0.2) is 18.2 Å². The average Bonchev–Trinajstić information content (AvgIpc) is 3.02. The molecule has 2 rings (SSSR count). The highest BCUT2D eigenvalue weighted by molar-refractivity contribution is 5.93. The molecule has 4 nitrogen and oxygen atoms in total. The highest BCUT2D eigenvalue weighted by atomic mass is 16.5. The van der Waals surface area contributed by atoms with Crippen molar-refractivity contribution in [3.63, 3.8) is 0 Å². The Hall–Kier alpha value is -1.84. The van der Waals surface area contributed by atoms with E-state index in [9.17, 15) is 9.59 Å². The van der Waals surface area contributed by atoms with E-state index in [1.54, 1.807) is 0 Å². The fraction of sp³-hybridized carbons (Fsp3) is 0.467. The van der Waals surface area contributed by atoms with Crippen molar-refractivity contribution in [1.82, 2.24) is 0 Å². The number of nitrogens with one attached hydrogen (secondary N) is 1. The largest absolute Gasteiger partial charge is 0.455 e. The second kappa shape index (κ2) is 5.43. The van der Waals surface area contributed by atoms with Gasteiger partial charge in [0, 0.05) is 5.69 Å². The van der Waals surface area contributed by atoms with Gasteiger partial charge in [-0.05, 0) is 49.4 Å². The standard InChI is InChI=1S/C15H19NO3/c1-9-4-10(2)6-12(5-9)16-14(17)8-19-15(18)13-7-11(13)3/h4-6,11,13H,7-8H2,1-3H3,(H,16,17)/t11-,13-/m0/s1. The van der Waals surface area contributed by atoms with Crippen LogP contribution in [0.5, 0.6) is 0 Å². The third-order valence-electron chi connectivity index (χ3n) is 3.26. The molecule has 1 aromatic rings. The van der Waals surface area contributed by atoms with Gasteiger partial charge in [0.2, 0.25) is 0 Å². The summed E-state index contributed by atoms with van der Waals surface area (Å²) < 4.78 is 4.98. The predicted molar refractivity (Wildman–Crippen MR) is 72.8 cm³/mol. The van der Waals surface area contributed by atoms with Crippen molar-refractivity contribution in [3.05, 3.63) is 29.3 Å². The maximum Gasteiger partial charge on any atom is 0.309 e. The molecule has 1 aliphatic rings. The molecular formula is C15H19NO3. The van der Waals surface area contributed by atoms with Crippen LogP contribution in [0.1, 0.15) is 24.5 Å². The van der Waals surface area contributed by atoms with Crippen LogP contribution in [0.4, 0.5) is 5.69 Å². The lowest BCUT2D eigenvalue weighted by molar-refractivity contribution is -0.148. The van der Waals surface area contributed by atoms with Crippen LogP contribution in [0.25, 0.3) is 0 Å². The first-order valence-corrected chi connectivity index (χ1v) is 6.50. The van der Waals surface area contributed by atoms with E-state index in [1.807, 2.05) is 39.0 Å². The van der Waals surface area contributed by atoms with Gasteiger partial charge in [0.15, 0.2) is 6.61 Å². The van der Waals surface area contributed by atoms with Crippen molar-refractivity contribution in [2.75, 3.05) is 11.9 Å². The van der Waals surface area contributed by atoms with Crippen LogP contribution >= 0.6 is 0 Å². The third kappa shape index (κ3) is 3.81. The average molecular weight is 261 g/mol. The van der Waals surface area contributed by atoms with Crippen LogP contribution in [-0.2, 0) is 14.3 Å². The number of aryl methyl sites for hydroxylation is 2. The molecule has 19 heavy (non-hydrogen) atoms. The lowest BCUT2D eigenvalue weighted by Crippen LogP contribution is -2.21. The normalized spacial score (nSPS) is 20.8. The third-order valence-corrected chi connectivity index (χ3v) is 3.26. The van der Waals surface area contributed by atoms with E-state index in [-0.39, 0.29) is 24.4 Å². The molecular weight excluding hydrogens is 242 g/mol. The zero-order valence-electron chi connectivity index (χ0n) is 11.5. The van der Waals surface area contributed by atoms with Gasteiger partial charge < -0.3 is 10.1 Å². The highest BCUT2D eigenvalue weighted by Gasteiger charge is 2.40. The molecule has 1 N–H and O–H groups in total. The van der Waals surface area contributed by atoms with Crippen molar-refractivity contribution in [1.29, 1.82) is 0 Å². The zero-order chi connectivity index (χ0) is 14.0. The van der Waals surface area contributed by atoms with Gasteiger partial charge in [0.05, 0.1) is 5.92 Å². The van der Waals surface area contributed by atoms with E-state index in [1.165, 1.54) is 0 Å². The SMILES string of the molecule is Cc1cc(C)cc(NC(=O)COC(=O)[C@H]2C[C@@H]2C)c1. The first-order chi connectivity index (χ1) is 8.95. The van der Waals surface area contributed by atoms with Crippen LogP contribution in [0, 0.1) is 25.7 Å². The first kappa shape index (κ1) is 13.6. The maximum absolute atomic E-state index is 11.7. The molecule has 1 fully saturated rings. The summed E-state index contributed by atoms with van der Waals surface area (Å²) >= 11 is 0. The fourth-order valence-electron chi connectivity index (χ4n) is 2.14. The zero-order valence-corrected chi connectivity index (χ0v) is 11.5. The molecule has 1 aliphatic carbocycles. The van der Waals surface area contributed by atoms with Gasteiger partial charge in [-0.3, -0.25) is 9.59 Å². The molecule has 102 valence electrons. The summed E-state index contributed by atoms with van der Waals surface area (Å²) in [6.07, 6.45) is 0.873. The van der Waals surface area contributed by atoms with Gasteiger partial charge in [0.25, 0.3) is 5.91 Å². The van der Waals surface area contributed by atoms with Gasteiger partial charge in [-0.2, -0.15) is 0 Å². The van der Waals surface area contributed by atoms with E-state index >= 15 is 0 Å². The van der Waals surface area contributed by atoms with Crippen molar-refractivity contribution in [2.45, 2.75) is 27.2 Å². The Morgan fingerprint density at radius 3 is 2.37 bits per heavy atom. The Labute approximate surface area is 113 Å². The van der Waals surface area contributed by atoms with Crippen LogP contribution in [-0.4, -0.2) is 18.5 Å². The monoisotopic (exact) mass is 261 g/mol. The van der Waals surface area contributed by atoms with Crippen molar-refractivity contribution in [2.24, 2.45) is 11.8 Å². The number of carbonyl (C=O) groups is 2. The summed E-state index contributed by atoms with van der Waals surface area (Å²) in [5.41, 5.74) is 2.90. The quantitative estimate of drug-likeness (QED) is 0.847. The summed E-state index contributed by atoms with van der Waals surface area (Å²) in [6.45, 7) is 5.73. The molecule has 2 atom stereocenters. The van der Waals surface area contributed by atoms with Gasteiger partial charge in [0.1, 0.15) is 0 Å². The van der Waals surface area contributed by atoms with Gasteiger partial charge >= 0.3 is 5.97 Å².